The molecule has 2 rings (SSSR count). The van der Waals surface area contributed by atoms with Crippen molar-refractivity contribution >= 4 is 5.96 Å². The second kappa shape index (κ2) is 12.0. The van der Waals surface area contributed by atoms with Crippen LogP contribution >= 0.6 is 0 Å². The number of hydrogen-bond acceptors (Lipinski definition) is 3. The molecule has 1 N–H and O–H groups in total. The Labute approximate surface area is 171 Å². The van der Waals surface area contributed by atoms with E-state index in [9.17, 15) is 13.2 Å². The van der Waals surface area contributed by atoms with Crippen LogP contribution in [-0.4, -0.2) is 74.4 Å². The van der Waals surface area contributed by atoms with E-state index in [1.807, 2.05) is 37.3 Å². The number of nitrogens with zero attached hydrogens (tertiary/aromatic N) is 3. The summed E-state index contributed by atoms with van der Waals surface area (Å²) >= 11 is 0. The monoisotopic (exact) mass is 414 g/mol. The molecule has 0 aromatic heterocycles. The minimum Gasteiger partial charge on any atom is -0.375 e. The molecule has 1 aromatic rings. The third-order valence-corrected chi connectivity index (χ3v) is 4.90. The molecule has 0 amide bonds. The lowest BCUT2D eigenvalue weighted by Gasteiger charge is -2.26. The molecule has 0 aliphatic carbocycles. The zero-order valence-electron chi connectivity index (χ0n) is 17.4. The van der Waals surface area contributed by atoms with Gasteiger partial charge in [-0.25, -0.2) is 0 Å². The van der Waals surface area contributed by atoms with E-state index in [0.717, 1.165) is 37.6 Å². The van der Waals surface area contributed by atoms with Crippen LogP contribution in [0.3, 0.4) is 0 Å². The maximum Gasteiger partial charge on any atom is 0.401 e. The van der Waals surface area contributed by atoms with Crippen molar-refractivity contribution in [3.8, 4) is 0 Å². The van der Waals surface area contributed by atoms with Crippen molar-refractivity contribution in [2.24, 2.45) is 10.9 Å². The van der Waals surface area contributed by atoms with E-state index < -0.39 is 12.7 Å². The maximum atomic E-state index is 12.7. The third kappa shape index (κ3) is 9.04. The Morgan fingerprint density at radius 3 is 2.69 bits per heavy atom. The number of halogens is 3. The van der Waals surface area contributed by atoms with Crippen molar-refractivity contribution in [2.45, 2.75) is 33.1 Å². The molecule has 1 aliphatic rings. The number of guanidine groups is 1. The molecule has 8 heteroatoms. The van der Waals surface area contributed by atoms with Gasteiger partial charge in [0.2, 0.25) is 0 Å². The molecule has 0 spiro atoms. The molecular formula is C21H33F3N4O. The van der Waals surface area contributed by atoms with E-state index in [1.54, 1.807) is 6.92 Å². The molecule has 1 aromatic carbocycles. The van der Waals surface area contributed by atoms with Crippen molar-refractivity contribution in [3.05, 3.63) is 35.9 Å². The third-order valence-electron chi connectivity index (χ3n) is 4.90. The van der Waals surface area contributed by atoms with E-state index in [4.69, 9.17) is 4.74 Å². The number of hydrogen-bond donors (Lipinski definition) is 1. The summed E-state index contributed by atoms with van der Waals surface area (Å²) < 4.78 is 43.7. The van der Waals surface area contributed by atoms with Crippen LogP contribution in [0.25, 0.3) is 0 Å². The highest BCUT2D eigenvalue weighted by atomic mass is 19.4. The molecule has 1 aliphatic heterocycles. The van der Waals surface area contributed by atoms with E-state index >= 15 is 0 Å². The summed E-state index contributed by atoms with van der Waals surface area (Å²) in [5.74, 6) is 1.03. The maximum absolute atomic E-state index is 12.7. The van der Waals surface area contributed by atoms with Crippen LogP contribution in [0.4, 0.5) is 13.2 Å². The first-order chi connectivity index (χ1) is 13.9. The predicted molar refractivity (Wildman–Crippen MR) is 110 cm³/mol. The number of alkyl halides is 3. The molecule has 1 fully saturated rings. The van der Waals surface area contributed by atoms with E-state index in [2.05, 4.69) is 15.2 Å². The summed E-state index contributed by atoms with van der Waals surface area (Å²) in [4.78, 5) is 8.26. The van der Waals surface area contributed by atoms with E-state index in [-0.39, 0.29) is 5.92 Å². The van der Waals surface area contributed by atoms with Gasteiger partial charge < -0.3 is 15.0 Å². The fourth-order valence-electron chi connectivity index (χ4n) is 3.50. The zero-order chi connectivity index (χ0) is 21.1. The van der Waals surface area contributed by atoms with Crippen molar-refractivity contribution in [3.63, 3.8) is 0 Å². The van der Waals surface area contributed by atoms with Gasteiger partial charge in [-0.1, -0.05) is 37.3 Å². The average Bonchev–Trinajstić information content (AvgIpc) is 3.14. The number of nitrogens with one attached hydrogen (secondary N) is 1. The molecule has 1 atom stereocenters. The Morgan fingerprint density at radius 1 is 1.28 bits per heavy atom. The Morgan fingerprint density at radius 2 is 2.03 bits per heavy atom. The Hall–Kier alpha value is -1.80. The quantitative estimate of drug-likeness (QED) is 0.362. The van der Waals surface area contributed by atoms with Crippen LogP contribution in [0.2, 0.25) is 0 Å². The van der Waals surface area contributed by atoms with Crippen LogP contribution in [-0.2, 0) is 11.3 Å². The van der Waals surface area contributed by atoms with Crippen LogP contribution in [0.1, 0.15) is 25.8 Å². The Balaban J connectivity index is 1.78. The van der Waals surface area contributed by atoms with Gasteiger partial charge in [0.15, 0.2) is 5.96 Å². The molecule has 29 heavy (non-hydrogen) atoms. The van der Waals surface area contributed by atoms with Crippen molar-refractivity contribution in [1.82, 2.24) is 15.1 Å². The second-order valence-corrected chi connectivity index (χ2v) is 7.32. The molecule has 5 nitrogen and oxygen atoms in total. The average molecular weight is 415 g/mol. The number of ether oxygens (including phenoxy) is 1. The molecule has 1 heterocycles. The van der Waals surface area contributed by atoms with Gasteiger partial charge in [-0.15, -0.1) is 0 Å². The SMILES string of the molecule is CCNC(=NCCOCc1ccccc1)N1CCC(CN(CC)CC(F)(F)F)C1. The van der Waals surface area contributed by atoms with Gasteiger partial charge in [-0.3, -0.25) is 9.89 Å². The van der Waals surface area contributed by atoms with Crippen LogP contribution in [0.15, 0.2) is 35.3 Å². The lowest BCUT2D eigenvalue weighted by Crippen LogP contribution is -2.42. The van der Waals surface area contributed by atoms with Gasteiger partial charge in [-0.2, -0.15) is 13.2 Å². The lowest BCUT2D eigenvalue weighted by atomic mass is 10.1. The van der Waals surface area contributed by atoms with Gasteiger partial charge in [-0.05, 0) is 31.4 Å². The minimum atomic E-state index is -4.15. The minimum absolute atomic E-state index is 0.218. The summed E-state index contributed by atoms with van der Waals surface area (Å²) in [5.41, 5.74) is 1.13. The van der Waals surface area contributed by atoms with Gasteiger partial charge in [0.05, 0.1) is 26.3 Å². The molecular weight excluding hydrogens is 381 g/mol. The van der Waals surface area contributed by atoms with Gasteiger partial charge in [0, 0.05) is 26.2 Å². The fraction of sp³-hybridized carbons (Fsp3) is 0.667. The number of aliphatic imine (C=N–C) groups is 1. The van der Waals surface area contributed by atoms with Crippen LogP contribution in [0, 0.1) is 5.92 Å². The summed E-state index contributed by atoms with van der Waals surface area (Å²) in [6.45, 7) is 7.74. The van der Waals surface area contributed by atoms with Gasteiger partial charge in [0.25, 0.3) is 0 Å². The molecule has 0 saturated carbocycles. The highest BCUT2D eigenvalue weighted by Gasteiger charge is 2.32. The molecule has 164 valence electrons. The molecule has 1 saturated heterocycles. The first kappa shape index (κ1) is 23.5. The standard InChI is InChI=1S/C21H33F3N4O/c1-3-25-20(26-11-13-29-16-18-8-6-5-7-9-18)28-12-10-19(15-28)14-27(4-2)17-21(22,23)24/h5-9,19H,3-4,10-17H2,1-2H3,(H,25,26). The number of likely N-dealkylation sites (tertiary alicyclic amines) is 1. The normalized spacial score (nSPS) is 17.9. The van der Waals surface area contributed by atoms with Crippen molar-refractivity contribution in [2.75, 3.05) is 52.4 Å². The Bertz CT molecular complexity index is 610. The molecule has 1 unspecified atom stereocenters. The molecule has 0 radical (unpaired) electrons. The molecule has 0 bridgehead atoms. The highest BCUT2D eigenvalue weighted by molar-refractivity contribution is 5.80. The zero-order valence-corrected chi connectivity index (χ0v) is 17.4. The largest absolute Gasteiger partial charge is 0.401 e. The van der Waals surface area contributed by atoms with Crippen LogP contribution in [0.5, 0.6) is 0 Å². The first-order valence-corrected chi connectivity index (χ1v) is 10.3. The number of rotatable bonds is 10. The topological polar surface area (TPSA) is 40.1 Å². The van der Waals surface area contributed by atoms with Crippen molar-refractivity contribution in [1.29, 1.82) is 0 Å². The number of benzene rings is 1. The summed E-state index contributed by atoms with van der Waals surface area (Å²) in [7, 11) is 0. The van der Waals surface area contributed by atoms with Crippen molar-refractivity contribution < 1.29 is 17.9 Å². The highest BCUT2D eigenvalue weighted by Crippen LogP contribution is 2.21. The summed E-state index contributed by atoms with van der Waals surface area (Å²) in [6, 6.07) is 9.99. The fourth-order valence-corrected chi connectivity index (χ4v) is 3.50. The Kier molecular flexibility index (Phi) is 9.73. The van der Waals surface area contributed by atoms with Gasteiger partial charge >= 0.3 is 6.18 Å². The predicted octanol–water partition coefficient (Wildman–Crippen LogP) is 3.37. The first-order valence-electron chi connectivity index (χ1n) is 10.3. The van der Waals surface area contributed by atoms with E-state index in [0.29, 0.717) is 32.8 Å². The van der Waals surface area contributed by atoms with E-state index in [1.165, 1.54) is 4.90 Å². The summed E-state index contributed by atoms with van der Waals surface area (Å²) in [6.07, 6.45) is -3.27. The smallest absolute Gasteiger partial charge is 0.375 e. The lowest BCUT2D eigenvalue weighted by molar-refractivity contribution is -0.146. The second-order valence-electron chi connectivity index (χ2n) is 7.32. The summed E-state index contributed by atoms with van der Waals surface area (Å²) in [5, 5.41) is 3.29. The van der Waals surface area contributed by atoms with Gasteiger partial charge in [0.1, 0.15) is 0 Å². The van der Waals surface area contributed by atoms with Crippen LogP contribution < -0.4 is 5.32 Å².